The van der Waals surface area contributed by atoms with Gasteiger partial charge < -0.3 is 4.90 Å². The predicted molar refractivity (Wildman–Crippen MR) is 90.0 cm³/mol. The number of benzene rings is 1. The molecule has 7 nitrogen and oxygen atoms in total. The van der Waals surface area contributed by atoms with Gasteiger partial charge in [-0.15, -0.1) is 10.2 Å². The van der Waals surface area contributed by atoms with E-state index >= 15 is 0 Å². The van der Waals surface area contributed by atoms with Crippen molar-refractivity contribution in [2.75, 3.05) is 30.3 Å². The second-order valence-electron chi connectivity index (χ2n) is 5.55. The smallest absolute Gasteiger partial charge is 0.302 e. The first-order chi connectivity index (χ1) is 11.0. The summed E-state index contributed by atoms with van der Waals surface area (Å²) in [5.41, 5.74) is 2.42. The summed E-state index contributed by atoms with van der Waals surface area (Å²) in [6.45, 7) is 0.870. The van der Waals surface area contributed by atoms with Gasteiger partial charge in [0.15, 0.2) is 11.6 Å². The van der Waals surface area contributed by atoms with Gasteiger partial charge in [0.2, 0.25) is 0 Å². The van der Waals surface area contributed by atoms with Gasteiger partial charge in [-0.3, -0.25) is 4.72 Å². The van der Waals surface area contributed by atoms with E-state index in [1.54, 1.807) is 12.1 Å². The zero-order chi connectivity index (χ0) is 16.4. The second kappa shape index (κ2) is 6.13. The minimum absolute atomic E-state index is 0.202. The van der Waals surface area contributed by atoms with E-state index in [-0.39, 0.29) is 5.82 Å². The van der Waals surface area contributed by atoms with E-state index in [9.17, 15) is 8.42 Å². The lowest BCUT2D eigenvalue weighted by Gasteiger charge is -2.30. The number of aromatic nitrogens is 2. The lowest BCUT2D eigenvalue weighted by molar-refractivity contribution is 0.526. The number of nitrogens with zero attached hydrogens (tertiary/aromatic N) is 4. The van der Waals surface area contributed by atoms with Crippen molar-refractivity contribution in [1.82, 2.24) is 14.5 Å². The highest BCUT2D eigenvalue weighted by atomic mass is 32.2. The van der Waals surface area contributed by atoms with Gasteiger partial charge in [0.25, 0.3) is 0 Å². The normalized spacial score (nSPS) is 14.7. The Balaban J connectivity index is 1.84. The molecule has 0 spiro atoms. The monoisotopic (exact) mass is 333 g/mol. The van der Waals surface area contributed by atoms with Gasteiger partial charge in [-0.1, -0.05) is 18.2 Å². The molecule has 0 saturated carbocycles. The van der Waals surface area contributed by atoms with Gasteiger partial charge in [-0.25, -0.2) is 0 Å². The predicted octanol–water partition coefficient (Wildman–Crippen LogP) is 1.78. The van der Waals surface area contributed by atoms with Crippen LogP contribution in [0.5, 0.6) is 0 Å². The van der Waals surface area contributed by atoms with Crippen molar-refractivity contribution in [2.24, 2.45) is 0 Å². The van der Waals surface area contributed by atoms with Gasteiger partial charge in [0.05, 0.1) is 0 Å². The summed E-state index contributed by atoms with van der Waals surface area (Å²) in [6.07, 6.45) is 2.11. The average Bonchev–Trinajstić information content (AvgIpc) is 2.55. The van der Waals surface area contributed by atoms with E-state index in [0.717, 1.165) is 29.4 Å². The fourth-order valence-electron chi connectivity index (χ4n) is 2.52. The molecule has 0 fully saturated rings. The zero-order valence-corrected chi connectivity index (χ0v) is 13.9. The summed E-state index contributed by atoms with van der Waals surface area (Å²) in [5, 5.41) is 8.16. The maximum atomic E-state index is 11.8. The number of anilines is 3. The lowest BCUT2D eigenvalue weighted by atomic mass is 10.0. The first-order valence-electron chi connectivity index (χ1n) is 7.37. The summed E-state index contributed by atoms with van der Waals surface area (Å²) in [6, 6.07) is 11.6. The molecule has 2 aromatic rings. The maximum Gasteiger partial charge on any atom is 0.302 e. The van der Waals surface area contributed by atoms with E-state index in [0.29, 0.717) is 5.82 Å². The quantitative estimate of drug-likeness (QED) is 0.923. The molecule has 0 atom stereocenters. The van der Waals surface area contributed by atoms with Crippen LogP contribution in [0, 0.1) is 0 Å². The van der Waals surface area contributed by atoms with Gasteiger partial charge in [0, 0.05) is 26.3 Å². The summed E-state index contributed by atoms with van der Waals surface area (Å²) in [7, 11) is -0.664. The molecule has 8 heteroatoms. The van der Waals surface area contributed by atoms with E-state index in [2.05, 4.69) is 32.0 Å². The van der Waals surface area contributed by atoms with Crippen LogP contribution in [0.4, 0.5) is 17.3 Å². The maximum absolute atomic E-state index is 11.8. The number of aryl methyl sites for hydroxylation is 1. The van der Waals surface area contributed by atoms with Crippen molar-refractivity contribution >= 4 is 27.5 Å². The van der Waals surface area contributed by atoms with E-state index in [1.807, 2.05) is 12.1 Å². The summed E-state index contributed by atoms with van der Waals surface area (Å²) in [4.78, 5) is 2.11. The van der Waals surface area contributed by atoms with Crippen molar-refractivity contribution in [2.45, 2.75) is 12.8 Å². The first-order valence-corrected chi connectivity index (χ1v) is 8.81. The molecule has 122 valence electrons. The number of hydrogen-bond acceptors (Lipinski definition) is 5. The van der Waals surface area contributed by atoms with Crippen LogP contribution in [0.3, 0.4) is 0 Å². The highest BCUT2D eigenvalue weighted by molar-refractivity contribution is 7.90. The van der Waals surface area contributed by atoms with Crippen molar-refractivity contribution in [3.8, 4) is 0 Å². The third kappa shape index (κ3) is 3.27. The van der Waals surface area contributed by atoms with Gasteiger partial charge in [-0.2, -0.15) is 12.7 Å². The van der Waals surface area contributed by atoms with Crippen molar-refractivity contribution in [3.05, 3.63) is 42.0 Å². The van der Waals surface area contributed by atoms with E-state index in [4.69, 9.17) is 0 Å². The standard InChI is InChI=1S/C15H19N5O2S/c1-19(2)23(21,22)18-14-9-10-15(17-16-14)20-11-5-7-12-6-3-4-8-13(12)20/h3-4,6,8-10H,5,7,11H2,1-2H3,(H,16,18). The van der Waals surface area contributed by atoms with Crippen LogP contribution in [0.1, 0.15) is 12.0 Å². The molecule has 1 N–H and O–H groups in total. The Kier molecular flexibility index (Phi) is 4.18. The molecular formula is C15H19N5O2S. The Hall–Kier alpha value is -2.19. The van der Waals surface area contributed by atoms with Crippen molar-refractivity contribution in [1.29, 1.82) is 0 Å². The molecular weight excluding hydrogens is 314 g/mol. The number of para-hydroxylation sites is 1. The third-order valence-corrected chi connectivity index (χ3v) is 5.18. The van der Waals surface area contributed by atoms with E-state index in [1.165, 1.54) is 19.7 Å². The summed E-state index contributed by atoms with van der Waals surface area (Å²) < 4.78 is 27.0. The number of nitrogens with one attached hydrogen (secondary N) is 1. The number of fused-ring (bicyclic) bond motifs is 1. The third-order valence-electron chi connectivity index (χ3n) is 3.75. The van der Waals surface area contributed by atoms with Crippen molar-refractivity contribution < 1.29 is 8.42 Å². The summed E-state index contributed by atoms with van der Waals surface area (Å²) in [5.74, 6) is 0.915. The highest BCUT2D eigenvalue weighted by Gasteiger charge is 2.19. The molecule has 23 heavy (non-hydrogen) atoms. The van der Waals surface area contributed by atoms with Gasteiger partial charge >= 0.3 is 10.2 Å². The van der Waals surface area contributed by atoms with Crippen LogP contribution in [-0.2, 0) is 16.6 Å². The number of hydrogen-bond donors (Lipinski definition) is 1. The Morgan fingerprint density at radius 3 is 2.61 bits per heavy atom. The molecule has 0 unspecified atom stereocenters. The van der Waals surface area contributed by atoms with Crippen molar-refractivity contribution in [3.63, 3.8) is 0 Å². The molecule has 0 aliphatic carbocycles. The lowest BCUT2D eigenvalue weighted by Crippen LogP contribution is -2.29. The molecule has 0 amide bonds. The topological polar surface area (TPSA) is 78.4 Å². The highest BCUT2D eigenvalue weighted by Crippen LogP contribution is 2.31. The second-order valence-corrected chi connectivity index (χ2v) is 7.43. The van der Waals surface area contributed by atoms with Crippen LogP contribution in [0.2, 0.25) is 0 Å². The Labute approximate surface area is 136 Å². The van der Waals surface area contributed by atoms with Gasteiger partial charge in [0.1, 0.15) is 0 Å². The summed E-state index contributed by atoms with van der Waals surface area (Å²) >= 11 is 0. The molecule has 1 aliphatic rings. The molecule has 0 saturated heterocycles. The molecule has 2 heterocycles. The van der Waals surface area contributed by atoms with Crippen LogP contribution in [0.25, 0.3) is 0 Å². The fourth-order valence-corrected chi connectivity index (χ4v) is 3.07. The Morgan fingerprint density at radius 1 is 1.13 bits per heavy atom. The minimum atomic E-state index is -3.57. The molecule has 3 rings (SSSR count). The average molecular weight is 333 g/mol. The van der Waals surface area contributed by atoms with E-state index < -0.39 is 10.2 Å². The Morgan fingerprint density at radius 2 is 1.91 bits per heavy atom. The SMILES string of the molecule is CN(C)S(=O)(=O)Nc1ccc(N2CCCc3ccccc32)nn1. The van der Waals surface area contributed by atoms with Gasteiger partial charge in [-0.05, 0) is 36.6 Å². The molecule has 0 bridgehead atoms. The zero-order valence-electron chi connectivity index (χ0n) is 13.1. The largest absolute Gasteiger partial charge is 0.325 e. The molecule has 0 radical (unpaired) electrons. The van der Waals surface area contributed by atoms with Crippen LogP contribution in [-0.4, -0.2) is 43.6 Å². The first kappa shape index (κ1) is 15.7. The molecule has 1 aromatic carbocycles. The molecule has 1 aromatic heterocycles. The fraction of sp³-hybridized carbons (Fsp3) is 0.333. The van der Waals surface area contributed by atoms with Crippen LogP contribution in [0.15, 0.2) is 36.4 Å². The minimum Gasteiger partial charge on any atom is -0.325 e. The van der Waals surface area contributed by atoms with Crippen LogP contribution < -0.4 is 9.62 Å². The molecule has 1 aliphatic heterocycles. The number of rotatable bonds is 4. The Bertz CT molecular complexity index is 790. The van der Waals surface area contributed by atoms with Crippen LogP contribution >= 0.6 is 0 Å².